The van der Waals surface area contributed by atoms with Gasteiger partial charge in [-0.15, -0.1) is 0 Å². The summed E-state index contributed by atoms with van der Waals surface area (Å²) in [5.74, 6) is -0.490. The molecule has 0 aromatic heterocycles. The summed E-state index contributed by atoms with van der Waals surface area (Å²) in [4.78, 5) is 11.2. The first-order valence-corrected chi connectivity index (χ1v) is 6.24. The van der Waals surface area contributed by atoms with Crippen molar-refractivity contribution in [3.05, 3.63) is 35.9 Å². The first kappa shape index (κ1) is 12.7. The summed E-state index contributed by atoms with van der Waals surface area (Å²) < 4.78 is 26.9. The van der Waals surface area contributed by atoms with Crippen LogP contribution in [0.3, 0.4) is 0 Å². The fourth-order valence-electron chi connectivity index (χ4n) is 1.37. The Balaban J connectivity index is 2.81. The van der Waals surface area contributed by atoms with Gasteiger partial charge in [0.1, 0.15) is 10.7 Å². The van der Waals surface area contributed by atoms with Crippen molar-refractivity contribution >= 4 is 16.7 Å². The van der Waals surface area contributed by atoms with Crippen LogP contribution in [-0.4, -0.2) is 21.0 Å². The number of esters is 1. The van der Waals surface area contributed by atoms with Gasteiger partial charge in [-0.25, -0.2) is 8.42 Å². The topological polar surface area (TPSA) is 60.4 Å². The smallest absolute Gasteiger partial charge is 0.307 e. The average Bonchev–Trinajstić information content (AvgIpc) is 2.27. The van der Waals surface area contributed by atoms with Crippen LogP contribution in [-0.2, 0) is 20.2 Å². The second-order valence-electron chi connectivity index (χ2n) is 3.22. The van der Waals surface area contributed by atoms with Crippen LogP contribution in [0.1, 0.15) is 24.2 Å². The van der Waals surface area contributed by atoms with E-state index in [0.717, 1.165) is 0 Å². The fourth-order valence-corrected chi connectivity index (χ4v) is 2.08. The van der Waals surface area contributed by atoms with Crippen LogP contribution >= 0.6 is 0 Å². The molecule has 0 N–H and O–H groups in total. The van der Waals surface area contributed by atoms with E-state index in [1.807, 2.05) is 0 Å². The summed E-state index contributed by atoms with van der Waals surface area (Å²) in [6.07, 6.45) is -0.128. The van der Waals surface area contributed by atoms with Crippen LogP contribution in [0.5, 0.6) is 0 Å². The van der Waals surface area contributed by atoms with Crippen LogP contribution in [0, 0.1) is 0 Å². The highest BCUT2D eigenvalue weighted by Gasteiger charge is 2.19. The first-order valence-electron chi connectivity index (χ1n) is 4.99. The highest BCUT2D eigenvalue weighted by atomic mass is 32.2. The number of ether oxygens (including phenoxy) is 1. The van der Waals surface area contributed by atoms with Crippen molar-refractivity contribution in [3.8, 4) is 0 Å². The molecular weight excluding hydrogens is 228 g/mol. The Labute approximate surface area is 96.2 Å². The molecular formula is C11H14O4S. The number of benzene rings is 1. The molecule has 0 saturated heterocycles. The van der Waals surface area contributed by atoms with Crippen LogP contribution in [0.25, 0.3) is 0 Å². The molecule has 1 aromatic rings. The minimum absolute atomic E-state index is 0.128. The van der Waals surface area contributed by atoms with Gasteiger partial charge in [0.15, 0.2) is 0 Å². The number of carbonyl (C=O) groups excluding carboxylic acids is 1. The number of thiol groups is 1. The molecule has 0 aliphatic carbocycles. The predicted molar refractivity (Wildman–Crippen MR) is 60.7 cm³/mol. The van der Waals surface area contributed by atoms with E-state index in [1.54, 1.807) is 37.3 Å². The zero-order valence-electron chi connectivity index (χ0n) is 8.96. The third-order valence-electron chi connectivity index (χ3n) is 2.10. The predicted octanol–water partition coefficient (Wildman–Crippen LogP) is 1.29. The van der Waals surface area contributed by atoms with Crippen molar-refractivity contribution in [1.82, 2.24) is 0 Å². The first-order chi connectivity index (χ1) is 7.65. The maximum Gasteiger partial charge on any atom is 0.307 e. The second-order valence-corrected chi connectivity index (χ2v) is 4.42. The van der Waals surface area contributed by atoms with Crippen molar-refractivity contribution in [2.24, 2.45) is 0 Å². The lowest BCUT2D eigenvalue weighted by molar-refractivity contribution is -0.143. The Morgan fingerprint density at radius 1 is 1.31 bits per heavy atom. The maximum atomic E-state index is 11.2. The number of hydrogen-bond acceptors (Lipinski definition) is 4. The molecule has 16 heavy (non-hydrogen) atoms. The molecule has 1 aromatic carbocycles. The molecule has 0 spiro atoms. The van der Waals surface area contributed by atoms with Gasteiger partial charge < -0.3 is 4.74 Å². The maximum absolute atomic E-state index is 11.2. The van der Waals surface area contributed by atoms with Gasteiger partial charge in [-0.1, -0.05) is 30.3 Å². The molecule has 0 saturated carbocycles. The molecule has 0 fully saturated rings. The van der Waals surface area contributed by atoms with E-state index in [1.165, 1.54) is 0 Å². The van der Waals surface area contributed by atoms with Crippen molar-refractivity contribution < 1.29 is 17.9 Å². The number of hydrogen-bond donors (Lipinski definition) is 1. The molecule has 0 amide bonds. The summed E-state index contributed by atoms with van der Waals surface area (Å²) in [6, 6.07) is 8.66. The van der Waals surface area contributed by atoms with Crippen molar-refractivity contribution in [3.63, 3.8) is 0 Å². The summed E-state index contributed by atoms with van der Waals surface area (Å²) >= 11 is 0. The highest BCUT2D eigenvalue weighted by molar-refractivity contribution is 7.72. The quantitative estimate of drug-likeness (QED) is 0.624. The van der Waals surface area contributed by atoms with Gasteiger partial charge in [-0.05, 0) is 12.5 Å². The van der Waals surface area contributed by atoms with E-state index >= 15 is 0 Å². The van der Waals surface area contributed by atoms with Gasteiger partial charge in [-0.2, -0.15) is 0 Å². The monoisotopic (exact) mass is 242 g/mol. The summed E-state index contributed by atoms with van der Waals surface area (Å²) in [5, 5.41) is -0.796. The molecule has 88 valence electrons. The van der Waals surface area contributed by atoms with Crippen LogP contribution in [0.2, 0.25) is 0 Å². The average molecular weight is 242 g/mol. The molecule has 1 unspecified atom stereocenters. The normalized spacial score (nSPS) is 12.4. The third-order valence-corrected chi connectivity index (χ3v) is 3.09. The molecule has 1 atom stereocenters. The Bertz CT molecular complexity index is 403. The molecule has 4 nitrogen and oxygen atoms in total. The Hall–Kier alpha value is -1.36. The van der Waals surface area contributed by atoms with Crippen molar-refractivity contribution in [2.75, 3.05) is 6.61 Å². The Kier molecular flexibility index (Phi) is 4.98. The van der Waals surface area contributed by atoms with E-state index in [0.29, 0.717) is 5.56 Å². The lowest BCUT2D eigenvalue weighted by Crippen LogP contribution is -2.11. The molecule has 0 radical (unpaired) electrons. The Morgan fingerprint density at radius 2 is 1.94 bits per heavy atom. The van der Waals surface area contributed by atoms with Crippen LogP contribution in [0.4, 0.5) is 0 Å². The highest BCUT2D eigenvalue weighted by Crippen LogP contribution is 2.20. The summed E-state index contributed by atoms with van der Waals surface area (Å²) in [6.45, 7) is 1.95. The molecule has 0 aliphatic heterocycles. The van der Waals surface area contributed by atoms with Crippen LogP contribution in [0.15, 0.2) is 30.3 Å². The van der Waals surface area contributed by atoms with Gasteiger partial charge in [0.05, 0.1) is 18.3 Å². The van der Waals surface area contributed by atoms with Gasteiger partial charge in [0.25, 0.3) is 0 Å². The van der Waals surface area contributed by atoms with Crippen molar-refractivity contribution in [2.45, 2.75) is 18.6 Å². The lowest BCUT2D eigenvalue weighted by atomic mass is 10.1. The molecule has 0 heterocycles. The van der Waals surface area contributed by atoms with Gasteiger partial charge in [-0.3, -0.25) is 4.79 Å². The van der Waals surface area contributed by atoms with Gasteiger partial charge >= 0.3 is 5.97 Å². The Morgan fingerprint density at radius 3 is 2.44 bits per heavy atom. The summed E-state index contributed by atoms with van der Waals surface area (Å²) in [7, 11) is -2.68. The van der Waals surface area contributed by atoms with Crippen molar-refractivity contribution in [1.29, 1.82) is 0 Å². The molecule has 5 heteroatoms. The standard InChI is InChI=1S/C11H14O4S/c1-2-15-11(12)8-10(16(13)14)9-6-4-3-5-7-9/h3-7,10,16H,2,8H2,1H3. The molecule has 1 rings (SSSR count). The van der Waals surface area contributed by atoms with E-state index in [2.05, 4.69) is 0 Å². The van der Waals surface area contributed by atoms with Crippen LogP contribution < -0.4 is 0 Å². The van der Waals surface area contributed by atoms with E-state index in [9.17, 15) is 13.2 Å². The molecule has 0 aliphatic rings. The largest absolute Gasteiger partial charge is 0.466 e. The summed E-state index contributed by atoms with van der Waals surface area (Å²) in [5.41, 5.74) is 0.617. The minimum atomic E-state index is -2.68. The lowest BCUT2D eigenvalue weighted by Gasteiger charge is -2.09. The van der Waals surface area contributed by atoms with Gasteiger partial charge in [0, 0.05) is 0 Å². The SMILES string of the molecule is CCOC(=O)CC(c1ccccc1)[SH](=O)=O. The molecule has 0 bridgehead atoms. The van der Waals surface area contributed by atoms with E-state index in [4.69, 9.17) is 4.74 Å². The number of carbonyl (C=O) groups is 1. The fraction of sp³-hybridized carbons (Fsp3) is 0.364. The number of rotatable bonds is 5. The van der Waals surface area contributed by atoms with E-state index in [-0.39, 0.29) is 13.0 Å². The van der Waals surface area contributed by atoms with Gasteiger partial charge in [0.2, 0.25) is 0 Å². The third kappa shape index (κ3) is 3.66. The zero-order chi connectivity index (χ0) is 12.0. The minimum Gasteiger partial charge on any atom is -0.466 e. The zero-order valence-corrected chi connectivity index (χ0v) is 9.85. The second kappa shape index (κ2) is 6.27. The van der Waals surface area contributed by atoms with E-state index < -0.39 is 21.9 Å².